The number of halogens is 1. The van der Waals surface area contributed by atoms with Crippen molar-refractivity contribution in [1.29, 1.82) is 0 Å². The van der Waals surface area contributed by atoms with Crippen LogP contribution in [-0.2, 0) is 5.41 Å². The van der Waals surface area contributed by atoms with Crippen molar-refractivity contribution in [2.24, 2.45) is 0 Å². The summed E-state index contributed by atoms with van der Waals surface area (Å²) < 4.78 is 15.5. The molecular formula is C12H11FN2. The molecule has 3 heteroatoms. The second kappa shape index (κ2) is 2.48. The Kier molecular flexibility index (Phi) is 1.43. The van der Waals surface area contributed by atoms with Gasteiger partial charge in [0.2, 0.25) is 0 Å². The maximum Gasteiger partial charge on any atom is 0.173 e. The Morgan fingerprint density at radius 1 is 1.33 bits per heavy atom. The average molecular weight is 202 g/mol. The van der Waals surface area contributed by atoms with E-state index in [4.69, 9.17) is 0 Å². The van der Waals surface area contributed by atoms with Gasteiger partial charge >= 0.3 is 0 Å². The monoisotopic (exact) mass is 202 g/mol. The first-order chi connectivity index (χ1) is 7.08. The fraction of sp³-hybridized carbons (Fsp3) is 0.250. The van der Waals surface area contributed by atoms with Crippen LogP contribution in [0.1, 0.15) is 18.2 Å². The highest BCUT2D eigenvalue weighted by Crippen LogP contribution is 2.38. The lowest BCUT2D eigenvalue weighted by Gasteiger charge is -2.10. The van der Waals surface area contributed by atoms with E-state index in [-0.39, 0.29) is 11.2 Å². The summed E-state index contributed by atoms with van der Waals surface area (Å²) in [5, 5.41) is 0. The maximum absolute atomic E-state index is 13.7. The molecule has 1 aliphatic carbocycles. The Morgan fingerprint density at radius 3 is 2.73 bits per heavy atom. The number of aromatic nitrogens is 2. The average Bonchev–Trinajstić information content (AvgIpc) is 2.79. The molecular weight excluding hydrogens is 191 g/mol. The summed E-state index contributed by atoms with van der Waals surface area (Å²) in [6, 6.07) is 1.57. The van der Waals surface area contributed by atoms with Crippen LogP contribution in [0.2, 0.25) is 0 Å². The number of nitrogens with zero attached hydrogens (tertiary/aromatic N) is 2. The zero-order chi connectivity index (χ0) is 10.6. The number of allylic oxidation sites excluding steroid dienone is 2. The minimum Gasteiger partial charge on any atom is -0.304 e. The first-order valence-corrected chi connectivity index (χ1v) is 4.94. The fourth-order valence-electron chi connectivity index (χ4n) is 1.79. The van der Waals surface area contributed by atoms with Gasteiger partial charge in [-0.1, -0.05) is 12.2 Å². The van der Waals surface area contributed by atoms with E-state index < -0.39 is 0 Å². The summed E-state index contributed by atoms with van der Waals surface area (Å²) in [7, 11) is 0. The number of aryl methyl sites for hydroxylation is 1. The maximum atomic E-state index is 13.7. The number of hydrogen-bond donors (Lipinski definition) is 0. The van der Waals surface area contributed by atoms with E-state index in [1.165, 1.54) is 0 Å². The van der Waals surface area contributed by atoms with Crippen molar-refractivity contribution < 1.29 is 4.39 Å². The Hall–Kier alpha value is -1.64. The van der Waals surface area contributed by atoms with Crippen LogP contribution in [0, 0.1) is 12.7 Å². The van der Waals surface area contributed by atoms with E-state index >= 15 is 0 Å². The molecule has 0 aliphatic heterocycles. The van der Waals surface area contributed by atoms with Crippen LogP contribution >= 0.6 is 0 Å². The van der Waals surface area contributed by atoms with Gasteiger partial charge in [0.1, 0.15) is 0 Å². The van der Waals surface area contributed by atoms with Gasteiger partial charge in [0.15, 0.2) is 11.5 Å². The molecule has 0 saturated carbocycles. The van der Waals surface area contributed by atoms with Gasteiger partial charge in [-0.05, 0) is 25.5 Å². The molecule has 76 valence electrons. The molecule has 0 atom stereocenters. The van der Waals surface area contributed by atoms with Crippen LogP contribution in [0.25, 0.3) is 5.65 Å². The summed E-state index contributed by atoms with van der Waals surface area (Å²) in [5.41, 5.74) is 2.16. The third kappa shape index (κ3) is 1.19. The quantitative estimate of drug-likeness (QED) is 0.650. The number of imidazole rings is 1. The van der Waals surface area contributed by atoms with E-state index in [0.29, 0.717) is 5.65 Å². The number of hydrogen-bond acceptors (Lipinski definition) is 1. The van der Waals surface area contributed by atoms with E-state index in [1.807, 2.05) is 19.3 Å². The zero-order valence-electron chi connectivity index (χ0n) is 8.66. The molecule has 0 amide bonds. The minimum atomic E-state index is -0.254. The lowest BCUT2D eigenvalue weighted by atomic mass is 9.98. The molecule has 0 fully saturated rings. The van der Waals surface area contributed by atoms with E-state index in [2.05, 4.69) is 24.1 Å². The standard InChI is InChI=1S/C12H11FN2/c1-8-6-15-7-9(12(2)3-4-12)5-10(13)11(15)14-8/h3-7H,1-2H3. The Bertz CT molecular complexity index is 575. The van der Waals surface area contributed by atoms with Crippen molar-refractivity contribution in [3.8, 4) is 0 Å². The van der Waals surface area contributed by atoms with Crippen LogP contribution < -0.4 is 0 Å². The summed E-state index contributed by atoms with van der Waals surface area (Å²) >= 11 is 0. The first-order valence-electron chi connectivity index (χ1n) is 4.94. The minimum absolute atomic E-state index is 0.0484. The predicted molar refractivity (Wildman–Crippen MR) is 56.4 cm³/mol. The Balaban J connectivity index is 2.27. The van der Waals surface area contributed by atoms with Crippen molar-refractivity contribution in [2.75, 3.05) is 0 Å². The molecule has 0 aromatic carbocycles. The van der Waals surface area contributed by atoms with Crippen LogP contribution in [0.4, 0.5) is 4.39 Å². The van der Waals surface area contributed by atoms with E-state index in [9.17, 15) is 4.39 Å². The molecule has 0 radical (unpaired) electrons. The van der Waals surface area contributed by atoms with Gasteiger partial charge in [-0.25, -0.2) is 9.37 Å². The van der Waals surface area contributed by atoms with Crippen molar-refractivity contribution in [1.82, 2.24) is 9.38 Å². The Labute approximate surface area is 87.1 Å². The number of rotatable bonds is 1. The molecule has 2 heterocycles. The molecule has 2 nitrogen and oxygen atoms in total. The topological polar surface area (TPSA) is 17.3 Å². The number of fused-ring (bicyclic) bond motifs is 1. The Morgan fingerprint density at radius 2 is 2.07 bits per heavy atom. The molecule has 0 N–H and O–H groups in total. The van der Waals surface area contributed by atoms with Gasteiger partial charge in [0.25, 0.3) is 0 Å². The van der Waals surface area contributed by atoms with E-state index in [0.717, 1.165) is 11.3 Å². The summed E-state index contributed by atoms with van der Waals surface area (Å²) in [4.78, 5) is 4.12. The van der Waals surface area contributed by atoms with Gasteiger partial charge in [-0.15, -0.1) is 0 Å². The van der Waals surface area contributed by atoms with Crippen molar-refractivity contribution >= 4 is 5.65 Å². The second-order valence-electron chi connectivity index (χ2n) is 4.31. The molecule has 0 saturated heterocycles. The number of pyridine rings is 1. The summed E-state index contributed by atoms with van der Waals surface area (Å²) in [5.74, 6) is -0.254. The van der Waals surface area contributed by atoms with Gasteiger partial charge in [0.05, 0.1) is 5.69 Å². The molecule has 0 unspecified atom stereocenters. The molecule has 15 heavy (non-hydrogen) atoms. The van der Waals surface area contributed by atoms with Crippen molar-refractivity contribution in [3.05, 3.63) is 47.7 Å². The zero-order valence-corrected chi connectivity index (χ0v) is 8.66. The lowest BCUT2D eigenvalue weighted by Crippen LogP contribution is -2.05. The van der Waals surface area contributed by atoms with Crippen molar-refractivity contribution in [2.45, 2.75) is 19.3 Å². The lowest BCUT2D eigenvalue weighted by molar-refractivity contribution is 0.623. The molecule has 0 bridgehead atoms. The summed E-state index contributed by atoms with van der Waals surface area (Å²) in [6.07, 6.45) is 7.92. The van der Waals surface area contributed by atoms with Crippen LogP contribution in [0.3, 0.4) is 0 Å². The van der Waals surface area contributed by atoms with Crippen molar-refractivity contribution in [3.63, 3.8) is 0 Å². The fourth-order valence-corrected chi connectivity index (χ4v) is 1.79. The first kappa shape index (κ1) is 8.65. The van der Waals surface area contributed by atoms with Gasteiger partial charge in [-0.2, -0.15) is 0 Å². The van der Waals surface area contributed by atoms with Crippen LogP contribution in [0.5, 0.6) is 0 Å². The normalized spacial score (nSPS) is 17.3. The predicted octanol–water partition coefficient (Wildman–Crippen LogP) is 2.61. The van der Waals surface area contributed by atoms with Gasteiger partial charge in [-0.3, -0.25) is 0 Å². The third-order valence-electron chi connectivity index (χ3n) is 2.92. The molecule has 2 aromatic heterocycles. The highest BCUT2D eigenvalue weighted by atomic mass is 19.1. The molecule has 2 aromatic rings. The largest absolute Gasteiger partial charge is 0.304 e. The van der Waals surface area contributed by atoms with Crippen LogP contribution in [-0.4, -0.2) is 9.38 Å². The highest BCUT2D eigenvalue weighted by Gasteiger charge is 2.31. The summed E-state index contributed by atoms with van der Waals surface area (Å²) in [6.45, 7) is 3.93. The third-order valence-corrected chi connectivity index (χ3v) is 2.92. The van der Waals surface area contributed by atoms with E-state index in [1.54, 1.807) is 10.5 Å². The molecule has 1 aliphatic rings. The second-order valence-corrected chi connectivity index (χ2v) is 4.31. The molecule has 3 rings (SSSR count). The van der Waals surface area contributed by atoms with Gasteiger partial charge in [0, 0.05) is 17.8 Å². The van der Waals surface area contributed by atoms with Crippen LogP contribution in [0.15, 0.2) is 30.6 Å². The molecule has 0 spiro atoms. The highest BCUT2D eigenvalue weighted by molar-refractivity contribution is 5.50. The van der Waals surface area contributed by atoms with Gasteiger partial charge < -0.3 is 4.40 Å². The smallest absolute Gasteiger partial charge is 0.173 e. The SMILES string of the molecule is Cc1cn2cc(C3(C)C=C3)cc(F)c2n1.